The Bertz CT molecular complexity index is 1590. The fourth-order valence-corrected chi connectivity index (χ4v) is 4.40. The van der Waals surface area contributed by atoms with Gasteiger partial charge in [-0.15, -0.1) is 0 Å². The molecule has 0 radical (unpaired) electrons. The van der Waals surface area contributed by atoms with Crippen LogP contribution in [0.25, 0.3) is 28.1 Å². The van der Waals surface area contributed by atoms with Crippen molar-refractivity contribution in [3.8, 4) is 28.1 Å². The first-order valence-corrected chi connectivity index (χ1v) is 12.3. The maximum Gasteiger partial charge on any atom is 0.291 e. The second-order valence-electron chi connectivity index (χ2n) is 8.47. The first-order chi connectivity index (χ1) is 18.0. The molecule has 0 unspecified atom stereocenters. The van der Waals surface area contributed by atoms with E-state index in [4.69, 9.17) is 23.2 Å². The molecule has 182 valence electrons. The Balaban J connectivity index is 1.46. The molecule has 1 N–H and O–H groups in total. The molecular formula is C30H22Cl2N4O. The summed E-state index contributed by atoms with van der Waals surface area (Å²) in [6.45, 7) is 2.02. The van der Waals surface area contributed by atoms with Gasteiger partial charge in [-0.3, -0.25) is 4.79 Å². The summed E-state index contributed by atoms with van der Waals surface area (Å²) in [7, 11) is 0. The lowest BCUT2D eigenvalue weighted by Crippen LogP contribution is -2.18. The summed E-state index contributed by atoms with van der Waals surface area (Å²) in [6, 6.07) is 33.2. The van der Waals surface area contributed by atoms with Crippen LogP contribution in [0.2, 0.25) is 10.0 Å². The average molecular weight is 525 g/mol. The SMILES string of the molecule is Cc1cccc(-n2nc(C(=O)N/N=C\c3ccc(Cl)cc3Cl)cc2-c2ccc(-c3ccccc3)cc2)c1. The predicted molar refractivity (Wildman–Crippen MR) is 151 cm³/mol. The van der Waals surface area contributed by atoms with Crippen LogP contribution >= 0.6 is 23.2 Å². The molecule has 0 saturated heterocycles. The second kappa shape index (κ2) is 10.8. The minimum atomic E-state index is -0.435. The van der Waals surface area contributed by atoms with Crippen molar-refractivity contribution in [1.82, 2.24) is 15.2 Å². The third kappa shape index (κ3) is 5.64. The van der Waals surface area contributed by atoms with Crippen LogP contribution in [0.3, 0.4) is 0 Å². The minimum Gasteiger partial charge on any atom is -0.265 e. The summed E-state index contributed by atoms with van der Waals surface area (Å²) >= 11 is 12.1. The lowest BCUT2D eigenvalue weighted by molar-refractivity contribution is 0.0949. The first kappa shape index (κ1) is 24.5. The zero-order chi connectivity index (χ0) is 25.8. The molecule has 0 aliphatic heterocycles. The molecule has 7 heteroatoms. The highest BCUT2D eigenvalue weighted by Crippen LogP contribution is 2.28. The summed E-state index contributed by atoms with van der Waals surface area (Å²) in [4.78, 5) is 13.0. The molecule has 1 amide bonds. The molecule has 5 rings (SSSR count). The second-order valence-corrected chi connectivity index (χ2v) is 9.32. The van der Waals surface area contributed by atoms with Crippen LogP contribution in [0.5, 0.6) is 0 Å². The van der Waals surface area contributed by atoms with Gasteiger partial charge in [0, 0.05) is 16.1 Å². The fourth-order valence-electron chi connectivity index (χ4n) is 3.94. The molecule has 0 spiro atoms. The van der Waals surface area contributed by atoms with E-state index in [2.05, 4.69) is 39.9 Å². The maximum absolute atomic E-state index is 13.0. The van der Waals surface area contributed by atoms with E-state index in [1.54, 1.807) is 28.9 Å². The van der Waals surface area contributed by atoms with Crippen LogP contribution in [-0.4, -0.2) is 21.9 Å². The van der Waals surface area contributed by atoms with Crippen molar-refractivity contribution in [3.63, 3.8) is 0 Å². The van der Waals surface area contributed by atoms with Gasteiger partial charge in [0.05, 0.1) is 22.6 Å². The number of rotatable bonds is 6. The monoisotopic (exact) mass is 524 g/mol. The molecule has 4 aromatic carbocycles. The van der Waals surface area contributed by atoms with Gasteiger partial charge < -0.3 is 0 Å². The van der Waals surface area contributed by atoms with Crippen molar-refractivity contribution >= 4 is 35.3 Å². The topological polar surface area (TPSA) is 59.3 Å². The van der Waals surface area contributed by atoms with Gasteiger partial charge in [-0.1, -0.05) is 96.0 Å². The van der Waals surface area contributed by atoms with Crippen LogP contribution < -0.4 is 5.43 Å². The van der Waals surface area contributed by atoms with E-state index in [0.29, 0.717) is 15.6 Å². The number of benzene rings is 4. The van der Waals surface area contributed by atoms with Gasteiger partial charge >= 0.3 is 0 Å². The van der Waals surface area contributed by atoms with Crippen molar-refractivity contribution in [2.75, 3.05) is 0 Å². The van der Waals surface area contributed by atoms with E-state index in [0.717, 1.165) is 33.6 Å². The summed E-state index contributed by atoms with van der Waals surface area (Å²) in [5.41, 5.74) is 9.34. The van der Waals surface area contributed by atoms with Crippen LogP contribution in [0, 0.1) is 6.92 Å². The van der Waals surface area contributed by atoms with Gasteiger partial charge in [-0.05, 0) is 53.9 Å². The molecule has 1 heterocycles. The Kier molecular flexibility index (Phi) is 7.17. The predicted octanol–water partition coefficient (Wildman–Crippen LogP) is 7.59. The summed E-state index contributed by atoms with van der Waals surface area (Å²) in [5, 5.41) is 9.64. The van der Waals surface area contributed by atoms with E-state index >= 15 is 0 Å². The van der Waals surface area contributed by atoms with Crippen molar-refractivity contribution in [1.29, 1.82) is 0 Å². The molecule has 5 aromatic rings. The van der Waals surface area contributed by atoms with Gasteiger partial charge in [0.1, 0.15) is 0 Å². The number of nitrogens with zero attached hydrogens (tertiary/aromatic N) is 3. The molecular weight excluding hydrogens is 503 g/mol. The van der Waals surface area contributed by atoms with Crippen molar-refractivity contribution in [2.45, 2.75) is 6.92 Å². The molecule has 0 aliphatic rings. The Morgan fingerprint density at radius 3 is 2.30 bits per heavy atom. The number of nitrogens with one attached hydrogen (secondary N) is 1. The maximum atomic E-state index is 13.0. The highest BCUT2D eigenvalue weighted by Gasteiger charge is 2.17. The third-order valence-electron chi connectivity index (χ3n) is 5.81. The highest BCUT2D eigenvalue weighted by atomic mass is 35.5. The van der Waals surface area contributed by atoms with Gasteiger partial charge in [0.25, 0.3) is 5.91 Å². The molecule has 5 nitrogen and oxygen atoms in total. The molecule has 1 aromatic heterocycles. The van der Waals surface area contributed by atoms with Crippen LogP contribution in [0.15, 0.2) is 108 Å². The Morgan fingerprint density at radius 1 is 0.838 bits per heavy atom. The van der Waals surface area contributed by atoms with Gasteiger partial charge in [0.15, 0.2) is 5.69 Å². The fraction of sp³-hybridized carbons (Fsp3) is 0.0333. The van der Waals surface area contributed by atoms with Crippen LogP contribution in [0.1, 0.15) is 21.6 Å². The van der Waals surface area contributed by atoms with Gasteiger partial charge in [-0.25, -0.2) is 10.1 Å². The highest BCUT2D eigenvalue weighted by molar-refractivity contribution is 6.36. The number of hydrogen-bond acceptors (Lipinski definition) is 3. The van der Waals surface area contributed by atoms with Crippen molar-refractivity contribution in [2.24, 2.45) is 5.10 Å². The molecule has 0 bridgehead atoms. The van der Waals surface area contributed by atoms with Gasteiger partial charge in [0.2, 0.25) is 0 Å². The third-order valence-corrected chi connectivity index (χ3v) is 6.37. The van der Waals surface area contributed by atoms with E-state index in [1.165, 1.54) is 6.21 Å². The quantitative estimate of drug-likeness (QED) is 0.184. The molecule has 0 fully saturated rings. The number of halogens is 2. The van der Waals surface area contributed by atoms with E-state index in [1.807, 2.05) is 61.5 Å². The number of carbonyl (C=O) groups is 1. The standard InChI is InChI=1S/C30H22Cl2N4O/c1-20-6-5-9-26(16-20)36-29(23-12-10-22(11-13-23)21-7-3-2-4-8-21)18-28(35-36)30(37)34-33-19-24-14-15-25(31)17-27(24)32/h2-19H,1H3,(H,34,37)/b33-19-. The van der Waals surface area contributed by atoms with Crippen molar-refractivity contribution < 1.29 is 4.79 Å². The lowest BCUT2D eigenvalue weighted by Gasteiger charge is -2.09. The van der Waals surface area contributed by atoms with E-state index in [9.17, 15) is 4.79 Å². The van der Waals surface area contributed by atoms with E-state index < -0.39 is 5.91 Å². The first-order valence-electron chi connectivity index (χ1n) is 11.6. The van der Waals surface area contributed by atoms with Gasteiger partial charge in [-0.2, -0.15) is 10.2 Å². The Labute approximate surface area is 225 Å². The van der Waals surface area contributed by atoms with Crippen LogP contribution in [0.4, 0.5) is 0 Å². The number of hydrazone groups is 1. The van der Waals surface area contributed by atoms with E-state index in [-0.39, 0.29) is 5.69 Å². The minimum absolute atomic E-state index is 0.239. The molecule has 37 heavy (non-hydrogen) atoms. The number of amides is 1. The molecule has 0 aliphatic carbocycles. The largest absolute Gasteiger partial charge is 0.291 e. The Hall–Kier alpha value is -4.19. The zero-order valence-corrected chi connectivity index (χ0v) is 21.4. The van der Waals surface area contributed by atoms with Crippen LogP contribution in [-0.2, 0) is 0 Å². The molecule has 0 saturated carbocycles. The summed E-state index contributed by atoms with van der Waals surface area (Å²) in [6.07, 6.45) is 1.47. The number of aryl methyl sites for hydroxylation is 1. The summed E-state index contributed by atoms with van der Waals surface area (Å²) in [5.74, 6) is -0.435. The number of aromatic nitrogens is 2. The number of hydrogen-bond donors (Lipinski definition) is 1. The average Bonchev–Trinajstić information content (AvgIpc) is 3.36. The number of carbonyl (C=O) groups excluding carboxylic acids is 1. The van der Waals surface area contributed by atoms with Crippen molar-refractivity contribution in [3.05, 3.63) is 130 Å². The lowest BCUT2D eigenvalue weighted by atomic mass is 10.0. The normalized spacial score (nSPS) is 11.1. The Morgan fingerprint density at radius 2 is 1.57 bits per heavy atom. The molecule has 0 atom stereocenters. The zero-order valence-electron chi connectivity index (χ0n) is 19.9. The summed E-state index contributed by atoms with van der Waals surface area (Å²) < 4.78 is 1.78. The smallest absolute Gasteiger partial charge is 0.265 e.